The van der Waals surface area contributed by atoms with E-state index in [-0.39, 0.29) is 51.9 Å². The number of pyridine rings is 1. The van der Waals surface area contributed by atoms with Crippen LogP contribution in [0, 0.1) is 17.5 Å². The lowest BCUT2D eigenvalue weighted by molar-refractivity contribution is 0.0122. The Morgan fingerprint density at radius 2 is 1.71 bits per heavy atom. The molecule has 0 saturated carbocycles. The predicted molar refractivity (Wildman–Crippen MR) is 176 cm³/mol. The summed E-state index contributed by atoms with van der Waals surface area (Å²) in [5.74, 6) is -2.39. The van der Waals surface area contributed by atoms with Crippen molar-refractivity contribution < 1.29 is 27.4 Å². The number of piperazine rings is 1. The van der Waals surface area contributed by atoms with E-state index in [1.807, 2.05) is 25.7 Å². The van der Waals surface area contributed by atoms with Crippen LogP contribution in [-0.2, 0) is 4.74 Å². The standard InChI is InChI=1S/C36H39F3N6O3/c1-35(2,3)48-34(46)45-22-10-11-23(45)19-43(18-22)32-25-17-40-30(24-8-4-7-21-9-12-26(37)28(38)27(21)24)29(39)31(25)41-33(42-32)47-20-36-13-5-15-44(36)16-6-14-36/h4,7-9,12,17,22-23H,5-6,10-11,13-16,18-20H2,1-3H3/t22-,23+. The molecular weight excluding hydrogens is 621 g/mol. The highest BCUT2D eigenvalue weighted by atomic mass is 19.2. The van der Waals surface area contributed by atoms with Gasteiger partial charge < -0.3 is 14.4 Å². The Bertz CT molecular complexity index is 1910. The molecule has 2 aromatic heterocycles. The van der Waals surface area contributed by atoms with E-state index in [1.54, 1.807) is 12.1 Å². The number of anilines is 1. The molecular formula is C36H39F3N6O3. The van der Waals surface area contributed by atoms with Crippen LogP contribution in [0.3, 0.4) is 0 Å². The number of rotatable bonds is 5. The Balaban J connectivity index is 1.21. The summed E-state index contributed by atoms with van der Waals surface area (Å²) in [6.07, 6.45) is 7.03. The number of ether oxygens (including phenoxy) is 2. The maximum atomic E-state index is 16.8. The molecule has 4 saturated heterocycles. The van der Waals surface area contributed by atoms with Gasteiger partial charge in [0.25, 0.3) is 0 Å². The molecule has 48 heavy (non-hydrogen) atoms. The van der Waals surface area contributed by atoms with Crippen molar-refractivity contribution >= 4 is 33.6 Å². The van der Waals surface area contributed by atoms with Crippen LogP contribution < -0.4 is 9.64 Å². The molecule has 0 N–H and O–H groups in total. The van der Waals surface area contributed by atoms with Gasteiger partial charge in [-0.3, -0.25) is 14.8 Å². The van der Waals surface area contributed by atoms with E-state index in [0.717, 1.165) is 57.7 Å². The first kappa shape index (κ1) is 31.1. The zero-order valence-electron chi connectivity index (χ0n) is 27.4. The van der Waals surface area contributed by atoms with Gasteiger partial charge in [-0.25, -0.2) is 18.0 Å². The molecule has 12 heteroatoms. The van der Waals surface area contributed by atoms with Crippen LogP contribution in [0.5, 0.6) is 6.01 Å². The van der Waals surface area contributed by atoms with Gasteiger partial charge in [0.1, 0.15) is 29.2 Å². The monoisotopic (exact) mass is 660 g/mol. The lowest BCUT2D eigenvalue weighted by Crippen LogP contribution is -2.57. The van der Waals surface area contributed by atoms with Gasteiger partial charge in [0.2, 0.25) is 0 Å². The fraction of sp³-hybridized carbons (Fsp3) is 0.500. The number of fused-ring (bicyclic) bond motifs is 5. The molecule has 0 aliphatic carbocycles. The fourth-order valence-electron chi connectivity index (χ4n) is 8.37. The summed E-state index contributed by atoms with van der Waals surface area (Å²) in [5.41, 5.74) is -0.719. The molecule has 4 aromatic rings. The summed E-state index contributed by atoms with van der Waals surface area (Å²) in [6, 6.07) is 7.19. The number of halogens is 3. The number of hydrogen-bond donors (Lipinski definition) is 0. The highest BCUT2D eigenvalue weighted by Gasteiger charge is 2.46. The van der Waals surface area contributed by atoms with Gasteiger partial charge in [-0.15, -0.1) is 0 Å². The van der Waals surface area contributed by atoms with Gasteiger partial charge in [0.15, 0.2) is 17.5 Å². The molecule has 0 unspecified atom stereocenters. The third kappa shape index (κ3) is 5.19. The van der Waals surface area contributed by atoms with Crippen LogP contribution in [-0.4, -0.2) is 86.9 Å². The maximum absolute atomic E-state index is 16.8. The number of hydrogen-bond acceptors (Lipinski definition) is 8. The van der Waals surface area contributed by atoms with E-state index in [1.165, 1.54) is 18.3 Å². The Morgan fingerprint density at radius 1 is 0.979 bits per heavy atom. The second kappa shape index (κ2) is 11.5. The first-order valence-corrected chi connectivity index (χ1v) is 16.9. The minimum absolute atomic E-state index is 0.0112. The van der Waals surface area contributed by atoms with Crippen LogP contribution >= 0.6 is 0 Å². The molecule has 8 rings (SSSR count). The van der Waals surface area contributed by atoms with Crippen molar-refractivity contribution in [1.29, 1.82) is 0 Å². The number of aromatic nitrogens is 3. The Morgan fingerprint density at radius 3 is 2.42 bits per heavy atom. The highest BCUT2D eigenvalue weighted by Crippen LogP contribution is 2.41. The molecule has 4 aliphatic rings. The SMILES string of the molecule is CC(C)(C)OC(=O)N1[C@@H]2CC[C@H]1CN(c1nc(OCC34CCCN3CCC4)nc3c(F)c(-c4cccc5ccc(F)c(F)c45)ncc13)C2. The highest BCUT2D eigenvalue weighted by molar-refractivity contribution is 5.99. The number of amides is 1. The fourth-order valence-corrected chi connectivity index (χ4v) is 8.37. The number of benzene rings is 2. The first-order valence-electron chi connectivity index (χ1n) is 16.9. The molecule has 0 spiro atoms. The summed E-state index contributed by atoms with van der Waals surface area (Å²) in [7, 11) is 0. The molecule has 1 amide bonds. The number of carbonyl (C=O) groups is 1. The third-order valence-electron chi connectivity index (χ3n) is 10.5. The van der Waals surface area contributed by atoms with E-state index >= 15 is 8.78 Å². The Labute approximate surface area is 277 Å². The van der Waals surface area contributed by atoms with Crippen molar-refractivity contribution in [3.05, 3.63) is 54.0 Å². The summed E-state index contributed by atoms with van der Waals surface area (Å²) < 4.78 is 58.4. The third-order valence-corrected chi connectivity index (χ3v) is 10.5. The molecule has 2 atom stereocenters. The second-order valence-electron chi connectivity index (χ2n) is 14.7. The summed E-state index contributed by atoms with van der Waals surface area (Å²) in [6.45, 7) is 8.95. The van der Waals surface area contributed by atoms with Gasteiger partial charge in [0, 0.05) is 30.2 Å². The first-order chi connectivity index (χ1) is 23.0. The van der Waals surface area contributed by atoms with Gasteiger partial charge in [-0.1, -0.05) is 24.3 Å². The van der Waals surface area contributed by atoms with Crippen LogP contribution in [0.15, 0.2) is 36.5 Å². The minimum Gasteiger partial charge on any atom is -0.461 e. The van der Waals surface area contributed by atoms with Crippen molar-refractivity contribution in [2.45, 2.75) is 82.5 Å². The van der Waals surface area contributed by atoms with Crippen LogP contribution in [0.2, 0.25) is 0 Å². The van der Waals surface area contributed by atoms with Crippen LogP contribution in [0.4, 0.5) is 23.8 Å². The van der Waals surface area contributed by atoms with Gasteiger partial charge in [-0.05, 0) is 83.8 Å². The average molecular weight is 661 g/mol. The van der Waals surface area contributed by atoms with Gasteiger partial charge in [0.05, 0.1) is 23.0 Å². The van der Waals surface area contributed by atoms with Crippen molar-refractivity contribution in [3.63, 3.8) is 0 Å². The van der Waals surface area contributed by atoms with E-state index in [4.69, 9.17) is 14.5 Å². The van der Waals surface area contributed by atoms with E-state index in [2.05, 4.69) is 19.8 Å². The number of carbonyl (C=O) groups excluding carboxylic acids is 1. The van der Waals surface area contributed by atoms with Crippen molar-refractivity contribution in [2.75, 3.05) is 37.7 Å². The normalized spacial score (nSPS) is 22.1. The van der Waals surface area contributed by atoms with Gasteiger partial charge >= 0.3 is 12.1 Å². The predicted octanol–water partition coefficient (Wildman–Crippen LogP) is 6.86. The molecule has 9 nitrogen and oxygen atoms in total. The largest absolute Gasteiger partial charge is 0.461 e. The molecule has 252 valence electrons. The molecule has 2 bridgehead atoms. The summed E-state index contributed by atoms with van der Waals surface area (Å²) in [4.78, 5) is 33.5. The Hall–Kier alpha value is -4.19. The van der Waals surface area contributed by atoms with Crippen molar-refractivity contribution in [1.82, 2.24) is 24.8 Å². The lowest BCUT2D eigenvalue weighted by Gasteiger charge is -2.42. The molecule has 2 aromatic carbocycles. The molecule has 4 fully saturated rings. The molecule has 4 aliphatic heterocycles. The van der Waals surface area contributed by atoms with E-state index in [9.17, 15) is 9.18 Å². The molecule has 6 heterocycles. The zero-order chi connectivity index (χ0) is 33.4. The van der Waals surface area contributed by atoms with Crippen LogP contribution in [0.1, 0.15) is 59.3 Å². The number of nitrogens with zero attached hydrogens (tertiary/aromatic N) is 6. The van der Waals surface area contributed by atoms with Gasteiger partial charge in [-0.2, -0.15) is 9.97 Å². The van der Waals surface area contributed by atoms with Crippen molar-refractivity contribution in [3.8, 4) is 17.3 Å². The molecule has 0 radical (unpaired) electrons. The second-order valence-corrected chi connectivity index (χ2v) is 14.7. The zero-order valence-corrected chi connectivity index (χ0v) is 27.4. The topological polar surface area (TPSA) is 83.9 Å². The summed E-state index contributed by atoms with van der Waals surface area (Å²) in [5, 5.41) is 0.753. The minimum atomic E-state index is -1.06. The smallest absolute Gasteiger partial charge is 0.410 e. The maximum Gasteiger partial charge on any atom is 0.410 e. The lowest BCUT2D eigenvalue weighted by atomic mass is 9.95. The summed E-state index contributed by atoms with van der Waals surface area (Å²) >= 11 is 0. The van der Waals surface area contributed by atoms with Crippen LogP contribution in [0.25, 0.3) is 32.9 Å². The van der Waals surface area contributed by atoms with E-state index in [0.29, 0.717) is 36.3 Å². The Kier molecular flexibility index (Phi) is 7.43. The van der Waals surface area contributed by atoms with Crippen molar-refractivity contribution in [2.24, 2.45) is 0 Å². The average Bonchev–Trinajstić information content (AvgIpc) is 3.71. The quantitative estimate of drug-likeness (QED) is 0.230. The van der Waals surface area contributed by atoms with E-state index < -0.39 is 23.1 Å².